The number of aryl methyl sites for hydroxylation is 1. The normalized spacial score (nSPS) is 23.9. The summed E-state index contributed by atoms with van der Waals surface area (Å²) in [7, 11) is 0. The predicted molar refractivity (Wildman–Crippen MR) is 67.2 cm³/mol. The molecule has 0 amide bonds. The largest absolute Gasteiger partial charge is 0.366 e. The average Bonchev–Trinajstić information content (AvgIpc) is 2.92. The van der Waals surface area contributed by atoms with Crippen LogP contribution in [0.5, 0.6) is 0 Å². The van der Waals surface area contributed by atoms with Crippen LogP contribution in [0.1, 0.15) is 11.4 Å². The van der Waals surface area contributed by atoms with Crippen molar-refractivity contribution in [3.8, 4) is 0 Å². The monoisotopic (exact) mass is 249 g/mol. The third-order valence-electron chi connectivity index (χ3n) is 3.21. The number of ether oxygens (including phenoxy) is 1. The minimum atomic E-state index is -0.920. The first-order valence-corrected chi connectivity index (χ1v) is 6.14. The molecule has 1 aromatic heterocycles. The average molecular weight is 249 g/mol. The Hall–Kier alpha value is -1.46. The summed E-state index contributed by atoms with van der Waals surface area (Å²) in [6.07, 6.45) is -1.28. The quantitative estimate of drug-likeness (QED) is 0.870. The number of nitrogens with one attached hydrogen (secondary N) is 2. The Morgan fingerprint density at radius 1 is 1.44 bits per heavy atom. The van der Waals surface area contributed by atoms with E-state index in [2.05, 4.69) is 15.3 Å². The number of H-pyrrole nitrogens is 1. The molecule has 2 aromatic rings. The van der Waals surface area contributed by atoms with Gasteiger partial charge in [0.25, 0.3) is 0 Å². The first-order valence-electron chi connectivity index (χ1n) is 6.14. The number of alkyl halides is 1. The highest BCUT2D eigenvalue weighted by atomic mass is 19.1. The Morgan fingerprint density at radius 2 is 2.33 bits per heavy atom. The maximum Gasteiger partial charge on any atom is 0.140 e. The third kappa shape index (κ3) is 2.23. The van der Waals surface area contributed by atoms with E-state index in [1.54, 1.807) is 0 Å². The zero-order valence-electron chi connectivity index (χ0n) is 10.2. The molecule has 2 N–H and O–H groups in total. The number of benzene rings is 1. The highest BCUT2D eigenvalue weighted by Gasteiger charge is 2.27. The molecule has 0 spiro atoms. The fourth-order valence-corrected chi connectivity index (χ4v) is 2.22. The molecule has 4 nitrogen and oxygen atoms in total. The molecular formula is C13H16FN3O. The van der Waals surface area contributed by atoms with E-state index < -0.39 is 6.17 Å². The Morgan fingerprint density at radius 3 is 3.11 bits per heavy atom. The molecule has 2 heterocycles. The summed E-state index contributed by atoms with van der Waals surface area (Å²) >= 11 is 0. The Balaban J connectivity index is 1.71. The molecule has 3 rings (SSSR count). The van der Waals surface area contributed by atoms with Gasteiger partial charge in [-0.1, -0.05) is 6.07 Å². The lowest BCUT2D eigenvalue weighted by Gasteiger charge is -2.11. The van der Waals surface area contributed by atoms with Gasteiger partial charge >= 0.3 is 0 Å². The van der Waals surface area contributed by atoms with Gasteiger partial charge in [0.2, 0.25) is 0 Å². The predicted octanol–water partition coefficient (Wildman–Crippen LogP) is 1.70. The van der Waals surface area contributed by atoms with Gasteiger partial charge in [-0.05, 0) is 24.6 Å². The van der Waals surface area contributed by atoms with Crippen molar-refractivity contribution < 1.29 is 9.13 Å². The fraction of sp³-hybridized carbons (Fsp3) is 0.462. The summed E-state index contributed by atoms with van der Waals surface area (Å²) < 4.78 is 18.9. The number of halogens is 1. The van der Waals surface area contributed by atoms with Crippen LogP contribution >= 0.6 is 0 Å². The molecule has 0 radical (unpaired) electrons. The van der Waals surface area contributed by atoms with Gasteiger partial charge in [-0.3, -0.25) is 0 Å². The van der Waals surface area contributed by atoms with Crippen LogP contribution in [0, 0.1) is 6.92 Å². The van der Waals surface area contributed by atoms with Crippen LogP contribution in [0.25, 0.3) is 11.0 Å². The summed E-state index contributed by atoms with van der Waals surface area (Å²) in [5.41, 5.74) is 3.10. The maximum absolute atomic E-state index is 13.3. The molecule has 5 heteroatoms. The van der Waals surface area contributed by atoms with Gasteiger partial charge in [0.05, 0.1) is 11.0 Å². The number of aromatic nitrogens is 2. The molecule has 2 atom stereocenters. The smallest absolute Gasteiger partial charge is 0.140 e. The maximum atomic E-state index is 13.3. The van der Waals surface area contributed by atoms with Gasteiger partial charge in [-0.2, -0.15) is 0 Å². The molecular weight excluding hydrogens is 233 g/mol. The van der Waals surface area contributed by atoms with Gasteiger partial charge in [0.15, 0.2) is 0 Å². The highest BCUT2D eigenvalue weighted by Crippen LogP contribution is 2.15. The molecule has 96 valence electrons. The van der Waals surface area contributed by atoms with E-state index >= 15 is 0 Å². The number of fused-ring (bicyclic) bond motifs is 1. The van der Waals surface area contributed by atoms with Crippen molar-refractivity contribution in [2.45, 2.75) is 25.8 Å². The molecule has 1 aliphatic heterocycles. The van der Waals surface area contributed by atoms with Crippen LogP contribution in [0.2, 0.25) is 0 Å². The van der Waals surface area contributed by atoms with Crippen LogP contribution in [0.4, 0.5) is 4.39 Å². The third-order valence-corrected chi connectivity index (χ3v) is 3.21. The minimum absolute atomic E-state index is 0.320. The van der Waals surface area contributed by atoms with Crippen molar-refractivity contribution in [1.82, 2.24) is 15.3 Å². The van der Waals surface area contributed by atoms with E-state index in [1.165, 1.54) is 5.56 Å². The van der Waals surface area contributed by atoms with Crippen LogP contribution in [-0.2, 0) is 11.3 Å². The van der Waals surface area contributed by atoms with E-state index in [0.29, 0.717) is 19.7 Å². The number of hydrogen-bond donors (Lipinski definition) is 2. The van der Waals surface area contributed by atoms with Gasteiger partial charge < -0.3 is 15.0 Å². The van der Waals surface area contributed by atoms with Crippen molar-refractivity contribution >= 4 is 11.0 Å². The summed E-state index contributed by atoms with van der Waals surface area (Å²) in [5, 5.41) is 2.96. The van der Waals surface area contributed by atoms with Crippen molar-refractivity contribution in [2.75, 3.05) is 13.1 Å². The van der Waals surface area contributed by atoms with Crippen molar-refractivity contribution in [3.63, 3.8) is 0 Å². The van der Waals surface area contributed by atoms with E-state index in [9.17, 15) is 4.39 Å². The summed E-state index contributed by atoms with van der Waals surface area (Å²) in [5.74, 6) is 0.745. The number of imidazole rings is 1. The number of nitrogens with zero attached hydrogens (tertiary/aromatic N) is 1. The summed E-state index contributed by atoms with van der Waals surface area (Å²) in [6, 6.07) is 6.03. The van der Waals surface area contributed by atoms with Crippen molar-refractivity contribution in [1.29, 1.82) is 0 Å². The fourth-order valence-electron chi connectivity index (χ4n) is 2.22. The van der Waals surface area contributed by atoms with E-state index in [-0.39, 0.29) is 6.10 Å². The molecule has 1 fully saturated rings. The van der Waals surface area contributed by atoms with Crippen LogP contribution in [-0.4, -0.2) is 35.3 Å². The van der Waals surface area contributed by atoms with Crippen LogP contribution < -0.4 is 5.32 Å². The number of rotatable bonds is 3. The second kappa shape index (κ2) is 4.66. The Kier molecular flexibility index (Phi) is 3.01. The SMILES string of the molecule is Cc1ccc2nc(CO[C@H]3CNC[C@H]3F)[nH]c2c1. The van der Waals surface area contributed by atoms with Crippen molar-refractivity contribution in [3.05, 3.63) is 29.6 Å². The van der Waals surface area contributed by atoms with Gasteiger partial charge in [-0.15, -0.1) is 0 Å². The summed E-state index contributed by atoms with van der Waals surface area (Å²) in [4.78, 5) is 7.61. The second-order valence-electron chi connectivity index (χ2n) is 4.73. The molecule has 1 saturated heterocycles. The van der Waals surface area contributed by atoms with Crippen molar-refractivity contribution in [2.24, 2.45) is 0 Å². The summed E-state index contributed by atoms with van der Waals surface area (Å²) in [6.45, 7) is 3.30. The molecule has 0 aliphatic carbocycles. The lowest BCUT2D eigenvalue weighted by atomic mass is 10.2. The van der Waals surface area contributed by atoms with E-state index in [0.717, 1.165) is 16.9 Å². The van der Waals surface area contributed by atoms with E-state index in [4.69, 9.17) is 4.74 Å². The van der Waals surface area contributed by atoms with Crippen LogP contribution in [0.3, 0.4) is 0 Å². The zero-order valence-corrected chi connectivity index (χ0v) is 10.2. The minimum Gasteiger partial charge on any atom is -0.366 e. The van der Waals surface area contributed by atoms with Gasteiger partial charge in [0.1, 0.15) is 24.7 Å². The molecule has 18 heavy (non-hydrogen) atoms. The molecule has 1 aliphatic rings. The van der Waals surface area contributed by atoms with Gasteiger partial charge in [0, 0.05) is 13.1 Å². The first-order chi connectivity index (χ1) is 8.72. The number of hydrogen-bond acceptors (Lipinski definition) is 3. The van der Waals surface area contributed by atoms with Gasteiger partial charge in [-0.25, -0.2) is 9.37 Å². The number of aromatic amines is 1. The van der Waals surface area contributed by atoms with Crippen LogP contribution in [0.15, 0.2) is 18.2 Å². The highest BCUT2D eigenvalue weighted by molar-refractivity contribution is 5.75. The standard InChI is InChI=1S/C13H16FN3O/c1-8-2-3-10-11(4-8)17-13(16-10)7-18-12-6-15-5-9(12)14/h2-4,9,12,15H,5-7H2,1H3,(H,16,17)/t9-,12+/m1/s1. The second-order valence-corrected chi connectivity index (χ2v) is 4.73. The lowest BCUT2D eigenvalue weighted by molar-refractivity contribution is 0.0112. The molecule has 0 saturated carbocycles. The lowest BCUT2D eigenvalue weighted by Crippen LogP contribution is -2.23. The molecule has 0 bridgehead atoms. The zero-order chi connectivity index (χ0) is 12.5. The topological polar surface area (TPSA) is 49.9 Å². The first kappa shape index (κ1) is 11.6. The molecule has 0 unspecified atom stereocenters. The Labute approximate surface area is 105 Å². The van der Waals surface area contributed by atoms with E-state index in [1.807, 2.05) is 25.1 Å². The Bertz CT molecular complexity index is 554. The molecule has 1 aromatic carbocycles.